The standard InChI is InChI=1S/C45H55N3O10/c1-5-21-57-45-41(48(44(51)52-3)26-30-15-17-39-40(22-30)56-28-55-39)25-37(47-53-4)35-23-31(12-6-8-19-49)34(14-7-9-20-50)42(43(35)45)36-24-33(16-18-38(36)58-45)54-27-32-13-10-11-29(2)46-32/h5,10-11,13,15-18,22-24,31,34,41-43,49-50H,1,6-9,12,14,19-21,25-28H2,2-4H3/t31-,34+,41-,42+,43+,45+/m0/s1. The van der Waals surface area contributed by atoms with E-state index in [1.165, 1.54) is 14.2 Å². The van der Waals surface area contributed by atoms with E-state index < -0.39 is 23.8 Å². The van der Waals surface area contributed by atoms with E-state index >= 15 is 0 Å². The van der Waals surface area contributed by atoms with Crippen molar-refractivity contribution < 1.29 is 48.3 Å². The zero-order chi connectivity index (χ0) is 40.6. The third-order valence-electron chi connectivity index (χ3n) is 11.8. The van der Waals surface area contributed by atoms with E-state index in [2.05, 4.69) is 28.9 Å². The summed E-state index contributed by atoms with van der Waals surface area (Å²) >= 11 is 0. The molecule has 7 rings (SSSR count). The zero-order valence-corrected chi connectivity index (χ0v) is 33.6. The van der Waals surface area contributed by atoms with Crippen LogP contribution >= 0.6 is 0 Å². The van der Waals surface area contributed by atoms with Crippen LogP contribution in [0.2, 0.25) is 0 Å². The van der Waals surface area contributed by atoms with Crippen molar-refractivity contribution in [2.75, 3.05) is 40.8 Å². The van der Waals surface area contributed by atoms with E-state index in [1.807, 2.05) is 55.5 Å². The molecule has 1 saturated carbocycles. The molecule has 310 valence electrons. The van der Waals surface area contributed by atoms with E-state index in [1.54, 1.807) is 11.0 Å². The summed E-state index contributed by atoms with van der Waals surface area (Å²) in [5.74, 6) is 0.564. The van der Waals surface area contributed by atoms with Gasteiger partial charge in [-0.25, -0.2) is 4.79 Å². The van der Waals surface area contributed by atoms with Gasteiger partial charge in [0.1, 0.15) is 31.3 Å². The molecule has 1 aromatic heterocycles. The highest BCUT2D eigenvalue weighted by Crippen LogP contribution is 2.62. The summed E-state index contributed by atoms with van der Waals surface area (Å²) in [7, 11) is 2.90. The average Bonchev–Trinajstić information content (AvgIpc) is 3.71. The molecule has 3 heterocycles. The number of fused-ring (bicyclic) bond motifs is 3. The van der Waals surface area contributed by atoms with Gasteiger partial charge in [0.2, 0.25) is 12.6 Å². The molecule has 3 aromatic rings. The first kappa shape index (κ1) is 41.1. The number of amides is 1. The SMILES string of the molecule is C=CCO[C@@]12Oc3ccc(OCc4cccc(C)n4)cc3[C@H]3[C@H](CCCCO)[C@@H](CCCCO)C=C(C(=NOC)C[C@@H]1N(Cc1ccc4c(c1)OCO4)C(=O)OC)[C@H]32. The molecule has 0 unspecified atom stereocenters. The molecule has 2 aliphatic carbocycles. The maximum Gasteiger partial charge on any atom is 0.410 e. The molecule has 2 N–H and O–H groups in total. The summed E-state index contributed by atoms with van der Waals surface area (Å²) in [6, 6.07) is 16.6. The zero-order valence-electron chi connectivity index (χ0n) is 33.6. The lowest BCUT2D eigenvalue weighted by Crippen LogP contribution is -2.70. The fraction of sp³-hybridized carbons (Fsp3) is 0.489. The fourth-order valence-corrected chi connectivity index (χ4v) is 9.34. The Morgan fingerprint density at radius 2 is 1.81 bits per heavy atom. The minimum atomic E-state index is -1.44. The summed E-state index contributed by atoms with van der Waals surface area (Å²) in [6.45, 7) is 6.86. The molecule has 13 heteroatoms. The van der Waals surface area contributed by atoms with Gasteiger partial charge in [-0.05, 0) is 98.0 Å². The summed E-state index contributed by atoms with van der Waals surface area (Å²) in [5.41, 5.74) is 5.11. The third kappa shape index (κ3) is 8.39. The minimum absolute atomic E-state index is 0.0602. The molecule has 6 atom stereocenters. The Kier molecular flexibility index (Phi) is 13.2. The molecular formula is C45H55N3O10. The van der Waals surface area contributed by atoms with E-state index in [4.69, 9.17) is 33.3 Å². The normalized spacial score (nSPS) is 24.5. The van der Waals surface area contributed by atoms with Gasteiger partial charge >= 0.3 is 6.09 Å². The first-order chi connectivity index (χ1) is 28.3. The number of nitrogens with zero attached hydrogens (tertiary/aromatic N) is 3. The van der Waals surface area contributed by atoms with E-state index in [-0.39, 0.29) is 63.9 Å². The number of carbonyl (C=O) groups is 1. The fourth-order valence-electron chi connectivity index (χ4n) is 9.34. The Labute approximate surface area is 340 Å². The molecule has 58 heavy (non-hydrogen) atoms. The third-order valence-corrected chi connectivity index (χ3v) is 11.8. The summed E-state index contributed by atoms with van der Waals surface area (Å²) in [4.78, 5) is 26.0. The first-order valence-corrected chi connectivity index (χ1v) is 20.2. The van der Waals surface area contributed by atoms with Gasteiger partial charge in [-0.3, -0.25) is 9.88 Å². The number of benzene rings is 2. The number of allylic oxidation sites excluding steroid dienone is 1. The Balaban J connectivity index is 1.40. The number of hydrogen-bond acceptors (Lipinski definition) is 12. The van der Waals surface area contributed by atoms with Crippen molar-refractivity contribution in [1.82, 2.24) is 9.88 Å². The van der Waals surface area contributed by atoms with Crippen molar-refractivity contribution in [2.24, 2.45) is 22.9 Å². The van der Waals surface area contributed by atoms with E-state index in [9.17, 15) is 15.0 Å². The van der Waals surface area contributed by atoms with Crippen molar-refractivity contribution in [3.63, 3.8) is 0 Å². The highest BCUT2D eigenvalue weighted by Gasteiger charge is 2.65. The van der Waals surface area contributed by atoms with Crippen LogP contribution in [0, 0.1) is 24.7 Å². The molecule has 0 saturated heterocycles. The van der Waals surface area contributed by atoms with Crippen LogP contribution < -0.4 is 18.9 Å². The number of aliphatic hydroxyl groups excluding tert-OH is 2. The van der Waals surface area contributed by atoms with Crippen LogP contribution in [0.5, 0.6) is 23.0 Å². The van der Waals surface area contributed by atoms with Gasteiger partial charge in [0.25, 0.3) is 0 Å². The van der Waals surface area contributed by atoms with Gasteiger partial charge < -0.3 is 43.5 Å². The number of aromatic nitrogens is 1. The second kappa shape index (κ2) is 18.6. The number of hydrogen-bond donors (Lipinski definition) is 2. The average molecular weight is 798 g/mol. The number of aliphatic hydroxyl groups is 2. The molecule has 0 radical (unpaired) electrons. The molecule has 2 aromatic carbocycles. The van der Waals surface area contributed by atoms with Crippen LogP contribution in [0.15, 0.2) is 84.1 Å². The second-order valence-corrected chi connectivity index (χ2v) is 15.3. The Hall–Kier alpha value is -5.11. The predicted molar refractivity (Wildman–Crippen MR) is 216 cm³/mol. The van der Waals surface area contributed by atoms with Gasteiger partial charge in [-0.15, -0.1) is 6.58 Å². The summed E-state index contributed by atoms with van der Waals surface area (Å²) < 4.78 is 37.5. The molecular weight excluding hydrogens is 743 g/mol. The van der Waals surface area contributed by atoms with Crippen molar-refractivity contribution in [1.29, 1.82) is 0 Å². The monoisotopic (exact) mass is 797 g/mol. The minimum Gasteiger partial charge on any atom is -0.487 e. The maximum absolute atomic E-state index is 14.2. The first-order valence-electron chi connectivity index (χ1n) is 20.2. The number of unbranched alkanes of at least 4 members (excludes halogenated alkanes) is 2. The van der Waals surface area contributed by atoms with Crippen LogP contribution in [0.1, 0.15) is 73.4 Å². The molecule has 1 amide bonds. The quantitative estimate of drug-likeness (QED) is 0.0763. The van der Waals surface area contributed by atoms with Gasteiger partial charge in [0, 0.05) is 43.4 Å². The van der Waals surface area contributed by atoms with Crippen LogP contribution in [0.3, 0.4) is 0 Å². The number of aryl methyl sites for hydroxylation is 1. The largest absolute Gasteiger partial charge is 0.487 e. The number of carbonyl (C=O) groups excluding carboxylic acids is 1. The summed E-state index contributed by atoms with van der Waals surface area (Å²) in [5, 5.41) is 24.4. The number of pyridine rings is 1. The molecule has 2 aliphatic heterocycles. The lowest BCUT2D eigenvalue weighted by molar-refractivity contribution is -0.256. The van der Waals surface area contributed by atoms with Crippen molar-refractivity contribution in [2.45, 2.75) is 82.8 Å². The lowest BCUT2D eigenvalue weighted by atomic mass is 9.55. The van der Waals surface area contributed by atoms with Gasteiger partial charge in [-0.2, -0.15) is 0 Å². The number of rotatable bonds is 18. The number of ether oxygens (including phenoxy) is 6. The Bertz CT molecular complexity index is 1990. The van der Waals surface area contributed by atoms with Crippen molar-refractivity contribution >= 4 is 11.8 Å². The van der Waals surface area contributed by atoms with Gasteiger partial charge in [0.15, 0.2) is 11.5 Å². The lowest BCUT2D eigenvalue weighted by Gasteiger charge is -2.59. The molecule has 1 fully saturated rings. The predicted octanol–water partition coefficient (Wildman–Crippen LogP) is 7.23. The Morgan fingerprint density at radius 3 is 2.57 bits per heavy atom. The van der Waals surface area contributed by atoms with Crippen LogP contribution in [0.25, 0.3) is 0 Å². The van der Waals surface area contributed by atoms with Crippen molar-refractivity contribution in [3.05, 3.63) is 101 Å². The van der Waals surface area contributed by atoms with Crippen LogP contribution in [0.4, 0.5) is 4.79 Å². The van der Waals surface area contributed by atoms with Gasteiger partial charge in [0.05, 0.1) is 31.0 Å². The maximum atomic E-state index is 14.2. The number of methoxy groups -OCH3 is 1. The smallest absolute Gasteiger partial charge is 0.410 e. The van der Waals surface area contributed by atoms with Crippen LogP contribution in [-0.4, -0.2) is 84.6 Å². The molecule has 13 nitrogen and oxygen atoms in total. The Morgan fingerprint density at radius 1 is 1.02 bits per heavy atom. The molecule has 0 bridgehead atoms. The molecule has 0 spiro atoms. The highest BCUT2D eigenvalue weighted by molar-refractivity contribution is 6.03. The van der Waals surface area contributed by atoms with Crippen LogP contribution in [-0.2, 0) is 27.5 Å². The molecule has 4 aliphatic rings. The van der Waals surface area contributed by atoms with E-state index in [0.29, 0.717) is 41.6 Å². The highest BCUT2D eigenvalue weighted by atomic mass is 16.7. The van der Waals surface area contributed by atoms with Gasteiger partial charge in [-0.1, -0.05) is 42.3 Å². The van der Waals surface area contributed by atoms with Crippen molar-refractivity contribution in [3.8, 4) is 23.0 Å². The summed E-state index contributed by atoms with van der Waals surface area (Å²) in [6.07, 6.45) is 8.29. The van der Waals surface area contributed by atoms with E-state index in [0.717, 1.165) is 53.8 Å². The topological polar surface area (TPSA) is 151 Å². The number of oxime groups is 1. The second-order valence-electron chi connectivity index (χ2n) is 15.3.